The summed E-state index contributed by atoms with van der Waals surface area (Å²) >= 11 is 0.996. The van der Waals surface area contributed by atoms with Crippen molar-refractivity contribution in [3.05, 3.63) is 24.3 Å². The summed E-state index contributed by atoms with van der Waals surface area (Å²) in [5.41, 5.74) is 0. The monoisotopic (exact) mass is 410 g/mol. The van der Waals surface area contributed by atoms with Crippen molar-refractivity contribution in [1.29, 1.82) is 0 Å². The van der Waals surface area contributed by atoms with Crippen LogP contribution in [0.15, 0.2) is 24.3 Å². The van der Waals surface area contributed by atoms with Crippen LogP contribution in [0.1, 0.15) is 40.5 Å². The van der Waals surface area contributed by atoms with Crippen molar-refractivity contribution in [2.45, 2.75) is 50.0 Å². The Labute approximate surface area is 158 Å². The highest BCUT2D eigenvalue weighted by Gasteiger charge is 2.32. The van der Waals surface area contributed by atoms with Crippen LogP contribution in [0.4, 0.5) is 0 Å². The van der Waals surface area contributed by atoms with Crippen LogP contribution in [0.3, 0.4) is 0 Å². The van der Waals surface area contributed by atoms with E-state index in [-0.39, 0.29) is 17.8 Å². The molecule has 0 amide bonds. The molecule has 26 heavy (non-hydrogen) atoms. The Hall–Kier alpha value is -1.04. The van der Waals surface area contributed by atoms with Crippen LogP contribution in [0.25, 0.3) is 0 Å². The zero-order chi connectivity index (χ0) is 19.8. The first-order valence-corrected chi connectivity index (χ1v) is 10.1. The summed E-state index contributed by atoms with van der Waals surface area (Å²) in [5, 5.41) is 11.8. The highest BCUT2D eigenvalue weighted by atomic mass is 32.2. The van der Waals surface area contributed by atoms with Gasteiger partial charge in [0.15, 0.2) is 0 Å². The van der Waals surface area contributed by atoms with Gasteiger partial charge in [-0.25, -0.2) is 5.26 Å². The molecule has 0 atom stereocenters. The van der Waals surface area contributed by atoms with Crippen LogP contribution < -0.4 is 9.47 Å². The fourth-order valence-corrected chi connectivity index (χ4v) is 2.46. The highest BCUT2D eigenvalue weighted by Crippen LogP contribution is 2.29. The Bertz CT molecular complexity index is 641. The topological polar surface area (TPSA) is 112 Å². The molecule has 0 fully saturated rings. The van der Waals surface area contributed by atoms with Crippen LogP contribution in [0.5, 0.6) is 11.5 Å². The summed E-state index contributed by atoms with van der Waals surface area (Å²) in [4.78, 5) is 0. The molecule has 0 bridgehead atoms. The first-order valence-electron chi connectivity index (χ1n) is 7.95. The zero-order valence-corrected chi connectivity index (χ0v) is 16.9. The van der Waals surface area contributed by atoms with E-state index in [1.807, 2.05) is 13.8 Å². The molecule has 0 aliphatic rings. The van der Waals surface area contributed by atoms with E-state index in [2.05, 4.69) is 9.37 Å². The molecule has 10 heteroatoms. The summed E-state index contributed by atoms with van der Waals surface area (Å²) in [6.07, 6.45) is 0.820. The lowest BCUT2D eigenvalue weighted by Gasteiger charge is -2.21. The molecule has 0 spiro atoms. The molecule has 0 saturated carbocycles. The van der Waals surface area contributed by atoms with Crippen LogP contribution in [0.2, 0.25) is 0 Å². The fraction of sp³-hybridized carbons (Fsp3) is 0.625. The van der Waals surface area contributed by atoms with Crippen molar-refractivity contribution < 1.29 is 37.1 Å². The van der Waals surface area contributed by atoms with E-state index in [9.17, 15) is 8.42 Å². The van der Waals surface area contributed by atoms with Gasteiger partial charge in [-0.05, 0) is 58.4 Å². The highest BCUT2D eigenvalue weighted by molar-refractivity contribution is 7.95. The molecule has 0 aliphatic heterocycles. The smallest absolute Gasteiger partial charge is 0.270 e. The maximum Gasteiger partial charge on any atom is 0.270 e. The standard InChI is InChI=1S/C16H26O8S2/c1-15(2,25-24-23-17)9-11-21-13-5-7-14(8-6-13)22-12-10-16(3,4)26(18,19)20/h5-8,17H,9-12H2,1-4H3,(H,18,19,20). The lowest BCUT2D eigenvalue weighted by atomic mass is 10.1. The minimum Gasteiger partial charge on any atom is -0.494 e. The molecule has 0 saturated heterocycles. The van der Waals surface area contributed by atoms with Gasteiger partial charge in [0, 0.05) is 23.2 Å². The van der Waals surface area contributed by atoms with Gasteiger partial charge in [0.25, 0.3) is 10.1 Å². The van der Waals surface area contributed by atoms with Crippen LogP contribution in [-0.2, 0) is 19.5 Å². The van der Waals surface area contributed by atoms with E-state index in [4.69, 9.17) is 19.3 Å². The average molecular weight is 411 g/mol. The second-order valence-electron chi connectivity index (χ2n) is 6.89. The van der Waals surface area contributed by atoms with Crippen molar-refractivity contribution in [3.8, 4) is 11.5 Å². The molecule has 0 aliphatic carbocycles. The Morgan fingerprint density at radius 1 is 0.962 bits per heavy atom. The Morgan fingerprint density at radius 3 is 1.85 bits per heavy atom. The number of ether oxygens (including phenoxy) is 2. The number of hydrogen-bond acceptors (Lipinski definition) is 8. The Morgan fingerprint density at radius 2 is 1.42 bits per heavy atom. The summed E-state index contributed by atoms with van der Waals surface area (Å²) < 4.78 is 45.6. The predicted molar refractivity (Wildman–Crippen MR) is 98.8 cm³/mol. The van der Waals surface area contributed by atoms with E-state index in [1.54, 1.807) is 24.3 Å². The molecule has 8 nitrogen and oxygen atoms in total. The van der Waals surface area contributed by atoms with Crippen LogP contribution in [0, 0.1) is 0 Å². The Kier molecular flexibility index (Phi) is 8.64. The van der Waals surface area contributed by atoms with Gasteiger partial charge >= 0.3 is 0 Å². The number of benzene rings is 1. The first-order chi connectivity index (χ1) is 12.0. The molecular weight excluding hydrogens is 384 g/mol. The van der Waals surface area contributed by atoms with Gasteiger partial charge in [-0.3, -0.25) is 4.55 Å². The van der Waals surface area contributed by atoms with Crippen molar-refractivity contribution in [1.82, 2.24) is 0 Å². The third-order valence-corrected chi connectivity index (χ3v) is 6.14. The molecule has 0 aromatic heterocycles. The number of rotatable bonds is 12. The summed E-state index contributed by atoms with van der Waals surface area (Å²) in [5.74, 6) is 1.24. The van der Waals surface area contributed by atoms with Gasteiger partial charge in [-0.1, -0.05) is 5.04 Å². The van der Waals surface area contributed by atoms with Crippen molar-refractivity contribution in [3.63, 3.8) is 0 Å². The van der Waals surface area contributed by atoms with E-state index in [0.717, 1.165) is 12.0 Å². The fourth-order valence-electron chi connectivity index (χ4n) is 1.74. The lowest BCUT2D eigenvalue weighted by Crippen LogP contribution is -2.33. The molecule has 1 rings (SSSR count). The molecule has 1 aromatic carbocycles. The second kappa shape index (κ2) is 9.77. The molecule has 2 N–H and O–H groups in total. The van der Waals surface area contributed by atoms with Gasteiger partial charge in [0.2, 0.25) is 0 Å². The predicted octanol–water partition coefficient (Wildman–Crippen LogP) is 3.74. The molecule has 0 radical (unpaired) electrons. The largest absolute Gasteiger partial charge is 0.494 e. The average Bonchev–Trinajstić information content (AvgIpc) is 2.53. The van der Waals surface area contributed by atoms with Crippen molar-refractivity contribution >= 4 is 22.2 Å². The van der Waals surface area contributed by atoms with Crippen LogP contribution >= 0.6 is 12.0 Å². The lowest BCUT2D eigenvalue weighted by molar-refractivity contribution is -0.432. The maximum absolute atomic E-state index is 11.2. The first kappa shape index (κ1) is 23.0. The quantitative estimate of drug-likeness (QED) is 0.230. The molecule has 1 aromatic rings. The van der Waals surface area contributed by atoms with Gasteiger partial charge in [-0.2, -0.15) is 8.42 Å². The maximum atomic E-state index is 11.2. The summed E-state index contributed by atoms with van der Waals surface area (Å²) in [6, 6.07) is 6.93. The molecule has 0 heterocycles. The van der Waals surface area contributed by atoms with Gasteiger partial charge in [-0.15, -0.1) is 4.33 Å². The van der Waals surface area contributed by atoms with Gasteiger partial charge in [0.05, 0.1) is 18.0 Å². The Balaban J connectivity index is 2.40. The van der Waals surface area contributed by atoms with E-state index in [1.165, 1.54) is 13.8 Å². The van der Waals surface area contributed by atoms with E-state index >= 15 is 0 Å². The molecule has 0 unspecified atom stereocenters. The molecule has 150 valence electrons. The van der Waals surface area contributed by atoms with E-state index in [0.29, 0.717) is 24.5 Å². The normalized spacial score (nSPS) is 12.8. The SMILES string of the molecule is CC(C)(CCOc1ccc(OCCC(C)(C)S(=O)(=O)O)cc1)SOOO. The third-order valence-electron chi connectivity index (χ3n) is 3.76. The third kappa shape index (κ3) is 8.11. The summed E-state index contributed by atoms with van der Waals surface area (Å²) in [6.45, 7) is 7.33. The number of hydrogen-bond donors (Lipinski definition) is 2. The van der Waals surface area contributed by atoms with Crippen molar-refractivity contribution in [2.75, 3.05) is 13.2 Å². The van der Waals surface area contributed by atoms with Gasteiger partial charge < -0.3 is 9.47 Å². The van der Waals surface area contributed by atoms with Crippen LogP contribution in [-0.4, -0.2) is 40.9 Å². The zero-order valence-electron chi connectivity index (χ0n) is 15.3. The summed E-state index contributed by atoms with van der Waals surface area (Å²) in [7, 11) is -4.12. The minimum absolute atomic E-state index is 0.158. The molecular formula is C16H26O8S2. The van der Waals surface area contributed by atoms with Crippen molar-refractivity contribution in [2.24, 2.45) is 0 Å². The second-order valence-corrected chi connectivity index (χ2v) is 10.4. The minimum atomic E-state index is -4.12. The van der Waals surface area contributed by atoms with Gasteiger partial charge in [0.1, 0.15) is 11.5 Å². The van der Waals surface area contributed by atoms with E-state index < -0.39 is 14.9 Å².